The molecule has 4 bridgehead atoms. The van der Waals surface area contributed by atoms with E-state index in [0.717, 1.165) is 51.4 Å². The lowest BCUT2D eigenvalue weighted by molar-refractivity contribution is -0.115. The number of Topliss-reactive ketones (excluding diaryl/α,β-unsaturated/α-hetero) is 1. The Bertz CT molecular complexity index is 570. The van der Waals surface area contributed by atoms with Crippen molar-refractivity contribution in [2.24, 2.45) is 0 Å². The first-order chi connectivity index (χ1) is 10.2. The van der Waals surface area contributed by atoms with E-state index in [0.29, 0.717) is 11.1 Å². The summed E-state index contributed by atoms with van der Waals surface area (Å²) in [6.07, 6.45) is 10.5. The topological polar surface area (TPSA) is 49.9 Å². The molecular weight excluding hydrogens is 262 g/mol. The molecule has 2 aliphatic rings. The number of nitrogens with one attached hydrogen (secondary N) is 1. The van der Waals surface area contributed by atoms with Crippen LogP contribution in [-0.4, -0.2) is 16.6 Å². The number of rotatable bonds is 0. The predicted molar refractivity (Wildman–Crippen MR) is 82.1 cm³/mol. The highest BCUT2D eigenvalue weighted by Crippen LogP contribution is 2.23. The Kier molecular flexibility index (Phi) is 4.18. The van der Waals surface area contributed by atoms with E-state index in [9.17, 15) is 9.59 Å². The lowest BCUT2D eigenvalue weighted by atomic mass is 9.89. The average Bonchev–Trinajstić information content (AvgIpc) is 2.91. The molecule has 21 heavy (non-hydrogen) atoms. The second-order valence-electron chi connectivity index (χ2n) is 5.99. The summed E-state index contributed by atoms with van der Waals surface area (Å²) in [5.74, 6) is 0.0880. The molecule has 0 atom stereocenters. The Hall–Kier alpha value is -1.90. The fourth-order valence-electron chi connectivity index (χ4n) is 3.14. The Balaban J connectivity index is 1.76. The normalized spacial score (nSPS) is 20.6. The van der Waals surface area contributed by atoms with Crippen LogP contribution in [-0.2, 0) is 22.4 Å². The molecule has 0 radical (unpaired) electrons. The van der Waals surface area contributed by atoms with Crippen LogP contribution >= 0.6 is 0 Å². The summed E-state index contributed by atoms with van der Waals surface area (Å²) < 4.78 is 0. The van der Waals surface area contributed by atoms with Crippen LogP contribution in [0.25, 0.3) is 0 Å². The second kappa shape index (κ2) is 6.25. The number of hydrogen-bond donors (Lipinski definition) is 1. The van der Waals surface area contributed by atoms with Gasteiger partial charge in [-0.05, 0) is 75.7 Å². The number of H-pyrrole nitrogens is 1. The lowest BCUT2D eigenvalue weighted by Gasteiger charge is -2.14. The van der Waals surface area contributed by atoms with Gasteiger partial charge in [-0.25, -0.2) is 0 Å². The van der Waals surface area contributed by atoms with Gasteiger partial charge in [-0.1, -0.05) is 0 Å². The molecule has 2 heterocycles. The number of hydrogen-bond acceptors (Lipinski definition) is 2. The number of aryl methyl sites for hydroxylation is 2. The highest BCUT2D eigenvalue weighted by atomic mass is 16.1. The molecule has 0 fully saturated rings. The van der Waals surface area contributed by atoms with Crippen molar-refractivity contribution in [1.29, 1.82) is 0 Å². The molecule has 0 aromatic carbocycles. The number of allylic oxidation sites excluding steroid dienone is 4. The molecule has 1 aliphatic heterocycles. The molecule has 0 amide bonds. The SMILES string of the molecule is O=C1C=C2CCCCc3ccc([nH]3)CCCCC(=C1)C2=O. The summed E-state index contributed by atoms with van der Waals surface area (Å²) in [6.45, 7) is 0. The van der Waals surface area contributed by atoms with Crippen molar-refractivity contribution in [3.8, 4) is 0 Å². The molecular formula is C18H21NO2. The number of carbonyl (C=O) groups is 2. The smallest absolute Gasteiger partial charge is 0.185 e. The molecule has 110 valence electrons. The number of aromatic amines is 1. The maximum atomic E-state index is 12.4. The largest absolute Gasteiger partial charge is 0.362 e. The van der Waals surface area contributed by atoms with Gasteiger partial charge in [-0.15, -0.1) is 0 Å². The summed E-state index contributed by atoms with van der Waals surface area (Å²) in [6, 6.07) is 4.34. The quantitative estimate of drug-likeness (QED) is 0.741. The van der Waals surface area contributed by atoms with Crippen LogP contribution in [0.2, 0.25) is 0 Å². The van der Waals surface area contributed by atoms with Crippen molar-refractivity contribution in [3.05, 3.63) is 46.8 Å². The molecule has 0 unspecified atom stereocenters. The van der Waals surface area contributed by atoms with Crippen LogP contribution in [0.1, 0.15) is 49.9 Å². The van der Waals surface area contributed by atoms with Gasteiger partial charge in [0.1, 0.15) is 0 Å². The minimum Gasteiger partial charge on any atom is -0.362 e. The zero-order valence-electron chi connectivity index (χ0n) is 12.3. The number of carbonyl (C=O) groups excluding carboxylic acids is 2. The molecule has 0 saturated heterocycles. The van der Waals surface area contributed by atoms with Crippen molar-refractivity contribution in [2.75, 3.05) is 0 Å². The first kappa shape index (κ1) is 14.1. The van der Waals surface area contributed by atoms with E-state index in [1.165, 1.54) is 23.5 Å². The Morgan fingerprint density at radius 3 is 1.71 bits per heavy atom. The van der Waals surface area contributed by atoms with Gasteiger partial charge in [0, 0.05) is 22.5 Å². The van der Waals surface area contributed by atoms with Gasteiger partial charge < -0.3 is 4.98 Å². The minimum absolute atomic E-state index is 0.0150. The molecule has 0 spiro atoms. The van der Waals surface area contributed by atoms with Gasteiger partial charge in [-0.2, -0.15) is 0 Å². The molecule has 3 heteroatoms. The van der Waals surface area contributed by atoms with Crippen LogP contribution in [0.5, 0.6) is 0 Å². The minimum atomic E-state index is -0.0150. The van der Waals surface area contributed by atoms with E-state index in [-0.39, 0.29) is 11.6 Å². The molecule has 1 aromatic rings. The zero-order valence-corrected chi connectivity index (χ0v) is 12.3. The third kappa shape index (κ3) is 3.41. The van der Waals surface area contributed by atoms with Crippen LogP contribution in [0.15, 0.2) is 35.4 Å². The van der Waals surface area contributed by atoms with E-state index in [4.69, 9.17) is 0 Å². The molecule has 1 N–H and O–H groups in total. The third-order valence-corrected chi connectivity index (χ3v) is 4.31. The van der Waals surface area contributed by atoms with Crippen LogP contribution < -0.4 is 0 Å². The van der Waals surface area contributed by atoms with Crippen molar-refractivity contribution in [2.45, 2.75) is 51.4 Å². The highest BCUT2D eigenvalue weighted by Gasteiger charge is 2.21. The first-order valence-electron chi connectivity index (χ1n) is 7.89. The van der Waals surface area contributed by atoms with Gasteiger partial charge in [0.2, 0.25) is 0 Å². The third-order valence-electron chi connectivity index (χ3n) is 4.31. The molecule has 3 nitrogen and oxygen atoms in total. The Morgan fingerprint density at radius 2 is 1.19 bits per heavy atom. The average molecular weight is 283 g/mol. The van der Waals surface area contributed by atoms with E-state index in [2.05, 4.69) is 17.1 Å². The van der Waals surface area contributed by atoms with Crippen LogP contribution in [0, 0.1) is 0 Å². The summed E-state index contributed by atoms with van der Waals surface area (Å²) >= 11 is 0. The van der Waals surface area contributed by atoms with E-state index < -0.39 is 0 Å². The standard InChI is InChI=1S/C18H21NO2/c20-17-11-13-5-1-3-7-15-9-10-16(19-15)8-4-2-6-14(12-17)18(13)21/h9-12,19H,1-8H2. The molecule has 1 aliphatic carbocycles. The van der Waals surface area contributed by atoms with Crippen LogP contribution in [0.3, 0.4) is 0 Å². The van der Waals surface area contributed by atoms with E-state index in [1.807, 2.05) is 0 Å². The van der Waals surface area contributed by atoms with E-state index in [1.54, 1.807) is 0 Å². The lowest BCUT2D eigenvalue weighted by Crippen LogP contribution is -2.14. The van der Waals surface area contributed by atoms with Gasteiger partial charge in [0.25, 0.3) is 0 Å². The molecule has 1 aromatic heterocycles. The fraction of sp³-hybridized carbons (Fsp3) is 0.444. The Morgan fingerprint density at radius 1 is 0.714 bits per heavy atom. The summed E-state index contributed by atoms with van der Waals surface area (Å²) in [7, 11) is 0. The second-order valence-corrected chi connectivity index (χ2v) is 5.99. The van der Waals surface area contributed by atoms with Crippen molar-refractivity contribution in [3.63, 3.8) is 0 Å². The predicted octanol–water partition coefficient (Wildman–Crippen LogP) is 3.46. The van der Waals surface area contributed by atoms with Crippen LogP contribution in [0.4, 0.5) is 0 Å². The van der Waals surface area contributed by atoms with Gasteiger partial charge in [0.15, 0.2) is 11.6 Å². The zero-order chi connectivity index (χ0) is 14.7. The summed E-state index contributed by atoms with van der Waals surface area (Å²) in [5.41, 5.74) is 3.98. The number of ketones is 2. The van der Waals surface area contributed by atoms with Gasteiger partial charge in [0.05, 0.1) is 0 Å². The molecule has 3 rings (SSSR count). The summed E-state index contributed by atoms with van der Waals surface area (Å²) in [5, 5.41) is 0. The monoisotopic (exact) mass is 283 g/mol. The van der Waals surface area contributed by atoms with Gasteiger partial charge >= 0.3 is 0 Å². The summed E-state index contributed by atoms with van der Waals surface area (Å²) in [4.78, 5) is 27.6. The highest BCUT2D eigenvalue weighted by molar-refractivity contribution is 6.20. The Labute approximate surface area is 125 Å². The van der Waals surface area contributed by atoms with Crippen molar-refractivity contribution < 1.29 is 9.59 Å². The number of fused-ring (bicyclic) bond motifs is 4. The first-order valence-corrected chi connectivity index (χ1v) is 7.89. The molecule has 0 saturated carbocycles. The van der Waals surface area contributed by atoms with Gasteiger partial charge in [-0.3, -0.25) is 9.59 Å². The van der Waals surface area contributed by atoms with Crippen molar-refractivity contribution in [1.82, 2.24) is 4.98 Å². The maximum absolute atomic E-state index is 12.4. The van der Waals surface area contributed by atoms with E-state index >= 15 is 0 Å². The van der Waals surface area contributed by atoms with Crippen molar-refractivity contribution >= 4 is 11.6 Å². The maximum Gasteiger partial charge on any atom is 0.185 e. The number of aromatic nitrogens is 1. The fourth-order valence-corrected chi connectivity index (χ4v) is 3.14.